The minimum atomic E-state index is -1.90. The van der Waals surface area contributed by atoms with Gasteiger partial charge >= 0.3 is 11.9 Å². The number of aliphatic carboxylic acids is 1. The third-order valence-electron chi connectivity index (χ3n) is 7.82. The molecule has 194 valence electrons. The standard InChI is InChI=1S/C27H30N2O7Si/c1-6-27(34)18-11-19-21-16(12-29(19)24(30)17(18)13-35-26(27)33)10-15-8-7-9-20(22(15)28-21)36-23(25(31)32)14(2)37(3,4)5/h7-11,14,23,34H,6,12-13H2,1-5H3,(H,31,32)/t14?,23?,27-/m0/s1. The van der Waals surface area contributed by atoms with E-state index >= 15 is 0 Å². The van der Waals surface area contributed by atoms with Gasteiger partial charge in [0, 0.05) is 16.5 Å². The van der Waals surface area contributed by atoms with Crippen molar-refractivity contribution < 1.29 is 29.3 Å². The number of ether oxygens (including phenoxy) is 2. The average Bonchev–Trinajstić information content (AvgIpc) is 3.20. The Labute approximate surface area is 214 Å². The fraction of sp³-hybridized carbons (Fsp3) is 0.407. The molecule has 0 saturated carbocycles. The number of rotatable bonds is 6. The molecular weight excluding hydrogens is 492 g/mol. The van der Waals surface area contributed by atoms with Crippen molar-refractivity contribution in [1.29, 1.82) is 0 Å². The van der Waals surface area contributed by atoms with Crippen molar-refractivity contribution in [1.82, 2.24) is 9.55 Å². The number of fused-ring (bicyclic) bond motifs is 5. The lowest BCUT2D eigenvalue weighted by atomic mass is 9.86. The summed E-state index contributed by atoms with van der Waals surface area (Å²) in [4.78, 5) is 42.8. The number of carbonyl (C=O) groups excluding carboxylic acids is 1. The van der Waals surface area contributed by atoms with Crippen LogP contribution in [0.3, 0.4) is 0 Å². The van der Waals surface area contributed by atoms with E-state index in [1.807, 2.05) is 19.1 Å². The summed E-state index contributed by atoms with van der Waals surface area (Å²) < 4.78 is 12.8. The van der Waals surface area contributed by atoms with Gasteiger partial charge in [-0.05, 0) is 30.2 Å². The third-order valence-corrected chi connectivity index (χ3v) is 10.9. The Bertz CT molecular complexity index is 1520. The first kappa shape index (κ1) is 25.2. The Morgan fingerprint density at radius 3 is 2.65 bits per heavy atom. The van der Waals surface area contributed by atoms with Crippen LogP contribution in [0.5, 0.6) is 5.75 Å². The highest BCUT2D eigenvalue weighted by Crippen LogP contribution is 2.40. The maximum Gasteiger partial charge on any atom is 0.344 e. The minimum absolute atomic E-state index is 0.0591. The van der Waals surface area contributed by atoms with Crippen LogP contribution in [0.25, 0.3) is 22.3 Å². The zero-order valence-corrected chi connectivity index (χ0v) is 22.5. The Kier molecular flexibility index (Phi) is 5.80. The number of carboxylic acids is 1. The zero-order valence-electron chi connectivity index (χ0n) is 21.5. The predicted molar refractivity (Wildman–Crippen MR) is 139 cm³/mol. The van der Waals surface area contributed by atoms with Crippen LogP contribution in [-0.2, 0) is 33.1 Å². The summed E-state index contributed by atoms with van der Waals surface area (Å²) in [6.07, 6.45) is -0.969. The van der Waals surface area contributed by atoms with Crippen molar-refractivity contribution in [3.05, 3.63) is 57.4 Å². The molecule has 0 saturated heterocycles. The number of hydrogen-bond acceptors (Lipinski definition) is 7. The van der Waals surface area contributed by atoms with E-state index in [0.717, 1.165) is 10.9 Å². The van der Waals surface area contributed by atoms with Crippen molar-refractivity contribution in [2.24, 2.45) is 0 Å². The highest BCUT2D eigenvalue weighted by Gasteiger charge is 2.45. The lowest BCUT2D eigenvalue weighted by Crippen LogP contribution is -2.44. The number of carboxylic acid groups (broad SMARTS) is 1. The Morgan fingerprint density at radius 1 is 1.27 bits per heavy atom. The Balaban J connectivity index is 1.66. The van der Waals surface area contributed by atoms with Gasteiger partial charge in [-0.2, -0.15) is 0 Å². The van der Waals surface area contributed by atoms with Crippen molar-refractivity contribution in [2.45, 2.75) is 70.3 Å². The number of pyridine rings is 2. The second-order valence-electron chi connectivity index (χ2n) is 11.0. The van der Waals surface area contributed by atoms with Gasteiger partial charge in [-0.3, -0.25) is 4.79 Å². The molecule has 10 heteroatoms. The number of aromatic nitrogens is 2. The van der Waals surface area contributed by atoms with Crippen molar-refractivity contribution >= 4 is 30.9 Å². The first-order valence-electron chi connectivity index (χ1n) is 12.4. The van der Waals surface area contributed by atoms with E-state index in [1.165, 1.54) is 0 Å². The molecule has 5 rings (SSSR count). The molecule has 0 aliphatic carbocycles. The maximum absolute atomic E-state index is 13.4. The van der Waals surface area contributed by atoms with Crippen molar-refractivity contribution in [2.75, 3.05) is 0 Å². The first-order valence-corrected chi connectivity index (χ1v) is 15.9. The molecule has 2 aliphatic heterocycles. The maximum atomic E-state index is 13.4. The van der Waals surface area contributed by atoms with Gasteiger partial charge in [-0.15, -0.1) is 0 Å². The highest BCUT2D eigenvalue weighted by atomic mass is 28.3. The number of esters is 1. The summed E-state index contributed by atoms with van der Waals surface area (Å²) in [6.45, 7) is 9.98. The first-order chi connectivity index (χ1) is 17.4. The van der Waals surface area contributed by atoms with Crippen molar-refractivity contribution in [3.63, 3.8) is 0 Å². The monoisotopic (exact) mass is 522 g/mol. The molecular formula is C27H30N2O7Si. The quantitative estimate of drug-likeness (QED) is 0.290. The molecule has 3 aromatic rings. The molecule has 2 aliphatic rings. The molecule has 0 bridgehead atoms. The summed E-state index contributed by atoms with van der Waals surface area (Å²) in [6, 6.07) is 8.94. The minimum Gasteiger partial charge on any atom is -0.479 e. The zero-order chi connectivity index (χ0) is 26.9. The summed E-state index contributed by atoms with van der Waals surface area (Å²) in [5.74, 6) is -1.45. The highest BCUT2D eigenvalue weighted by molar-refractivity contribution is 6.77. The van der Waals surface area contributed by atoms with Gasteiger partial charge < -0.3 is 24.3 Å². The van der Waals surface area contributed by atoms with E-state index in [4.69, 9.17) is 14.5 Å². The lowest BCUT2D eigenvalue weighted by molar-refractivity contribution is -0.172. The molecule has 0 fully saturated rings. The number of aliphatic hydroxyl groups is 1. The van der Waals surface area contributed by atoms with Gasteiger partial charge in [-0.1, -0.05) is 45.6 Å². The predicted octanol–water partition coefficient (Wildman–Crippen LogP) is 3.64. The number of benzene rings is 1. The van der Waals surface area contributed by atoms with Gasteiger partial charge in [0.25, 0.3) is 5.56 Å². The van der Waals surface area contributed by atoms with E-state index in [-0.39, 0.29) is 41.8 Å². The SMILES string of the molecule is CC[C@@]1(O)C(=O)OCc2c1cc1n(c2=O)Cc2cc3cccc(OC(C(=O)O)C(C)[Si](C)(C)C)c3nc2-1. The number of carbonyl (C=O) groups is 2. The fourth-order valence-electron chi connectivity index (χ4n) is 5.03. The summed E-state index contributed by atoms with van der Waals surface area (Å²) in [5.41, 5.74) is 0.425. The van der Waals surface area contributed by atoms with Crippen LogP contribution in [0.15, 0.2) is 35.1 Å². The van der Waals surface area contributed by atoms with Crippen LogP contribution in [0, 0.1) is 0 Å². The lowest BCUT2D eigenvalue weighted by Gasteiger charge is -2.31. The third kappa shape index (κ3) is 3.86. The average molecular weight is 523 g/mol. The van der Waals surface area contributed by atoms with Crippen LogP contribution in [0.4, 0.5) is 0 Å². The fourth-order valence-corrected chi connectivity index (χ4v) is 6.15. The molecule has 0 amide bonds. The van der Waals surface area contributed by atoms with Gasteiger partial charge in [0.15, 0.2) is 11.7 Å². The second-order valence-corrected chi connectivity index (χ2v) is 16.6. The molecule has 0 spiro atoms. The van der Waals surface area contributed by atoms with E-state index < -0.39 is 31.7 Å². The van der Waals surface area contributed by atoms with Gasteiger partial charge in [0.1, 0.15) is 17.9 Å². The molecule has 0 radical (unpaired) electrons. The largest absolute Gasteiger partial charge is 0.479 e. The van der Waals surface area contributed by atoms with Gasteiger partial charge in [0.05, 0.1) is 31.6 Å². The molecule has 2 aromatic heterocycles. The normalized spacial score (nSPS) is 20.0. The van der Waals surface area contributed by atoms with Crippen LogP contribution >= 0.6 is 0 Å². The summed E-state index contributed by atoms with van der Waals surface area (Å²) in [5, 5.41) is 21.8. The molecule has 37 heavy (non-hydrogen) atoms. The molecule has 2 N–H and O–H groups in total. The van der Waals surface area contributed by atoms with E-state index in [9.17, 15) is 24.6 Å². The van der Waals surface area contributed by atoms with E-state index in [1.54, 1.807) is 29.7 Å². The number of nitrogens with zero attached hydrogens (tertiary/aromatic N) is 2. The molecule has 1 aromatic carbocycles. The molecule has 3 atom stereocenters. The molecule has 2 unspecified atom stereocenters. The van der Waals surface area contributed by atoms with Crippen LogP contribution < -0.4 is 10.3 Å². The number of hydrogen-bond donors (Lipinski definition) is 2. The van der Waals surface area contributed by atoms with Gasteiger partial charge in [0.2, 0.25) is 0 Å². The molecule has 9 nitrogen and oxygen atoms in total. The Morgan fingerprint density at radius 2 is 2.00 bits per heavy atom. The number of para-hydroxylation sites is 1. The summed E-state index contributed by atoms with van der Waals surface area (Å²) >= 11 is 0. The van der Waals surface area contributed by atoms with Crippen LogP contribution in [-0.4, -0.2) is 45.9 Å². The smallest absolute Gasteiger partial charge is 0.344 e. The van der Waals surface area contributed by atoms with Crippen LogP contribution in [0.2, 0.25) is 25.2 Å². The number of cyclic esters (lactones) is 1. The topological polar surface area (TPSA) is 128 Å². The Hall–Kier alpha value is -3.50. The summed E-state index contributed by atoms with van der Waals surface area (Å²) in [7, 11) is -1.84. The van der Waals surface area contributed by atoms with Crippen LogP contribution in [0.1, 0.15) is 37.0 Å². The van der Waals surface area contributed by atoms with Gasteiger partial charge in [-0.25, -0.2) is 14.6 Å². The van der Waals surface area contributed by atoms with E-state index in [0.29, 0.717) is 22.7 Å². The van der Waals surface area contributed by atoms with Crippen molar-refractivity contribution in [3.8, 4) is 17.1 Å². The van der Waals surface area contributed by atoms with E-state index in [2.05, 4.69) is 19.6 Å². The molecule has 4 heterocycles. The second kappa shape index (κ2) is 8.52.